The van der Waals surface area contributed by atoms with Gasteiger partial charge in [0.25, 0.3) is 0 Å². The zero-order valence-corrected chi connectivity index (χ0v) is 22.9. The largest absolute Gasteiger partial charge is 0.398 e. The molecule has 1 aromatic carbocycles. The van der Waals surface area contributed by atoms with Crippen LogP contribution in [0.2, 0.25) is 0 Å². The molecule has 2 aromatic rings. The third-order valence-electron chi connectivity index (χ3n) is 6.49. The van der Waals surface area contributed by atoms with E-state index in [0.29, 0.717) is 17.2 Å². The van der Waals surface area contributed by atoms with Crippen molar-refractivity contribution >= 4 is 17.7 Å². The van der Waals surface area contributed by atoms with E-state index in [9.17, 15) is 4.39 Å². The van der Waals surface area contributed by atoms with E-state index in [-0.39, 0.29) is 11.9 Å². The first-order valence-electron chi connectivity index (χ1n) is 12.3. The summed E-state index contributed by atoms with van der Waals surface area (Å²) in [5, 5.41) is 3.41. The van der Waals surface area contributed by atoms with Gasteiger partial charge in [-0.25, -0.2) is 4.39 Å². The molecule has 2 aliphatic carbocycles. The summed E-state index contributed by atoms with van der Waals surface area (Å²) in [5.74, 6) is 0.0124. The number of ether oxygens (including phenoxy) is 1. The van der Waals surface area contributed by atoms with Gasteiger partial charge in [-0.3, -0.25) is 4.98 Å². The van der Waals surface area contributed by atoms with Gasteiger partial charge in [0.15, 0.2) is 0 Å². The highest BCUT2D eigenvalue weighted by molar-refractivity contribution is 7.93. The number of hydrogen-bond donors (Lipinski definition) is 3. The van der Waals surface area contributed by atoms with Gasteiger partial charge in [-0.05, 0) is 88.3 Å². The lowest BCUT2D eigenvalue weighted by atomic mass is 9.84. The molecule has 0 spiro atoms. The van der Waals surface area contributed by atoms with Crippen LogP contribution in [0.1, 0.15) is 80.6 Å². The van der Waals surface area contributed by atoms with Gasteiger partial charge in [0, 0.05) is 41.9 Å². The molecule has 1 heterocycles. The molecule has 1 aromatic heterocycles. The van der Waals surface area contributed by atoms with E-state index in [1.807, 2.05) is 33.8 Å². The molecule has 0 amide bonds. The molecule has 0 aliphatic heterocycles. The van der Waals surface area contributed by atoms with Crippen LogP contribution in [0.25, 0.3) is 0 Å². The molecule has 2 aliphatic rings. The first-order chi connectivity index (χ1) is 16.5. The second-order valence-corrected chi connectivity index (χ2v) is 10.2. The monoisotopic (exact) mass is 503 g/mol. The molecule has 2 atom stereocenters. The maximum Gasteiger partial charge on any atom is 0.130 e. The highest BCUT2D eigenvalue weighted by Gasteiger charge is 2.27. The summed E-state index contributed by atoms with van der Waals surface area (Å²) in [6, 6.07) is 7.24. The summed E-state index contributed by atoms with van der Waals surface area (Å²) < 4.78 is 27.4. The van der Waals surface area contributed by atoms with Crippen molar-refractivity contribution in [2.75, 3.05) is 19.1 Å². The highest BCUT2D eigenvalue weighted by atomic mass is 32.2. The fourth-order valence-corrected chi connectivity index (χ4v) is 3.87. The third-order valence-corrected chi connectivity index (χ3v) is 6.49. The van der Waals surface area contributed by atoms with Gasteiger partial charge in [0.05, 0.1) is 11.7 Å². The van der Waals surface area contributed by atoms with E-state index >= 15 is 0 Å². The zero-order chi connectivity index (χ0) is 26.2. The Labute approximate surface area is 215 Å². The van der Waals surface area contributed by atoms with Crippen LogP contribution in [0.15, 0.2) is 36.5 Å². The van der Waals surface area contributed by atoms with Gasteiger partial charge >= 0.3 is 0 Å². The van der Waals surface area contributed by atoms with E-state index in [4.69, 9.17) is 20.0 Å². The molecular weight excluding hydrogens is 461 g/mol. The Morgan fingerprint density at radius 1 is 1.31 bits per heavy atom. The number of nitrogens with two attached hydrogens (primary N) is 1. The average molecular weight is 504 g/mol. The SMILES string of the molecule is C1CC1.C=C(NC(C)c1cc(C)c(N)cc1F)C1CCc2nc(C(C)(C)OC)ccc2C1.CSO. The van der Waals surface area contributed by atoms with Crippen molar-refractivity contribution in [1.82, 2.24) is 10.3 Å². The molecule has 1 saturated carbocycles. The van der Waals surface area contributed by atoms with Crippen molar-refractivity contribution in [3.05, 3.63) is 70.4 Å². The number of nitrogen functional groups attached to an aromatic ring is 1. The zero-order valence-electron chi connectivity index (χ0n) is 22.1. The Bertz CT molecular complexity index is 992. The van der Waals surface area contributed by atoms with Crippen molar-refractivity contribution < 1.29 is 13.7 Å². The first kappa shape index (κ1) is 29.1. The van der Waals surface area contributed by atoms with Crippen LogP contribution >= 0.6 is 12.0 Å². The summed E-state index contributed by atoms with van der Waals surface area (Å²) in [6.07, 6.45) is 8.86. The Morgan fingerprint density at radius 2 is 1.94 bits per heavy atom. The Morgan fingerprint density at radius 3 is 2.51 bits per heavy atom. The second kappa shape index (κ2) is 13.3. The van der Waals surface area contributed by atoms with Gasteiger partial charge in [0.1, 0.15) is 11.4 Å². The quantitative estimate of drug-likeness (QED) is 0.292. The maximum atomic E-state index is 14.4. The van der Waals surface area contributed by atoms with Crippen LogP contribution in [-0.4, -0.2) is 22.9 Å². The van der Waals surface area contributed by atoms with Crippen LogP contribution in [0.5, 0.6) is 0 Å². The number of pyridine rings is 1. The number of nitrogens with zero attached hydrogens (tertiary/aromatic N) is 1. The first-order valence-corrected chi connectivity index (χ1v) is 13.4. The van der Waals surface area contributed by atoms with Crippen LogP contribution in [0.4, 0.5) is 10.1 Å². The minimum absolute atomic E-state index is 0.175. The van der Waals surface area contributed by atoms with E-state index in [2.05, 4.69) is 24.0 Å². The highest BCUT2D eigenvalue weighted by Crippen LogP contribution is 2.32. The molecule has 7 heteroatoms. The van der Waals surface area contributed by atoms with Gasteiger partial charge in [-0.1, -0.05) is 31.9 Å². The van der Waals surface area contributed by atoms with E-state index in [1.54, 1.807) is 13.4 Å². The predicted octanol–water partition coefficient (Wildman–Crippen LogP) is 6.95. The Kier molecular flexibility index (Phi) is 11.1. The van der Waals surface area contributed by atoms with Crippen LogP contribution in [0, 0.1) is 18.7 Å². The molecule has 4 rings (SSSR count). The molecular formula is C28H42FN3O2S. The topological polar surface area (TPSA) is 80.4 Å². The number of anilines is 1. The molecule has 0 radical (unpaired) electrons. The number of allylic oxidation sites excluding steroid dienone is 1. The molecule has 1 fully saturated rings. The fourth-order valence-electron chi connectivity index (χ4n) is 3.87. The third kappa shape index (κ3) is 8.51. The predicted molar refractivity (Wildman–Crippen MR) is 146 cm³/mol. The standard InChI is InChI=1S/C24H32FN3O.C3H6.CH4OS/c1-14-11-19(20(25)13-21(14)26)16(3)27-15(2)17-7-9-22-18(12-17)8-10-23(28-22)24(4,5)29-6;1-2-3-1;1-3-2/h8,10-11,13,16-17,27H,2,7,9,12,26H2,1,3-6H3;1-3H2;2H,1H3. The Hall–Kier alpha value is -2.09. The lowest BCUT2D eigenvalue weighted by Gasteiger charge is -2.30. The van der Waals surface area contributed by atoms with Crippen LogP contribution in [-0.2, 0) is 23.2 Å². The number of aryl methyl sites for hydroxylation is 2. The number of benzene rings is 1. The fraction of sp³-hybridized carbons (Fsp3) is 0.536. The van der Waals surface area contributed by atoms with Gasteiger partial charge in [-0.2, -0.15) is 0 Å². The van der Waals surface area contributed by atoms with Crippen molar-refractivity contribution in [2.24, 2.45) is 5.92 Å². The number of halogens is 1. The number of aromatic nitrogens is 1. The lowest BCUT2D eigenvalue weighted by Crippen LogP contribution is -2.28. The lowest BCUT2D eigenvalue weighted by molar-refractivity contribution is 0.0153. The summed E-state index contributed by atoms with van der Waals surface area (Å²) in [7, 11) is 1.71. The number of hydrogen-bond acceptors (Lipinski definition) is 6. The minimum Gasteiger partial charge on any atom is -0.398 e. The van der Waals surface area contributed by atoms with E-state index < -0.39 is 5.60 Å². The van der Waals surface area contributed by atoms with Crippen LogP contribution in [0.3, 0.4) is 0 Å². The van der Waals surface area contributed by atoms with E-state index in [1.165, 1.54) is 30.9 Å². The summed E-state index contributed by atoms with van der Waals surface area (Å²) in [4.78, 5) is 4.85. The van der Waals surface area contributed by atoms with Gasteiger partial charge in [0.2, 0.25) is 0 Å². The summed E-state index contributed by atoms with van der Waals surface area (Å²) in [5.41, 5.74) is 11.7. The number of rotatable bonds is 6. The molecule has 4 N–H and O–H groups in total. The molecule has 2 unspecified atom stereocenters. The normalized spacial score (nSPS) is 17.1. The molecule has 5 nitrogen and oxygen atoms in total. The number of fused-ring (bicyclic) bond motifs is 1. The maximum absolute atomic E-state index is 14.4. The van der Waals surface area contributed by atoms with Crippen molar-refractivity contribution in [1.29, 1.82) is 0 Å². The summed E-state index contributed by atoms with van der Waals surface area (Å²) in [6.45, 7) is 12.2. The van der Waals surface area contributed by atoms with Crippen LogP contribution < -0.4 is 11.1 Å². The minimum atomic E-state index is -0.395. The summed E-state index contributed by atoms with van der Waals surface area (Å²) >= 11 is 0.750. The Balaban J connectivity index is 0.000000639. The smallest absolute Gasteiger partial charge is 0.130 e. The molecule has 35 heavy (non-hydrogen) atoms. The molecule has 0 bridgehead atoms. The molecule has 194 valence electrons. The van der Waals surface area contributed by atoms with Crippen molar-refractivity contribution in [3.8, 4) is 0 Å². The van der Waals surface area contributed by atoms with Crippen molar-refractivity contribution in [3.63, 3.8) is 0 Å². The van der Waals surface area contributed by atoms with E-state index in [0.717, 1.165) is 54.0 Å². The molecule has 0 saturated heterocycles. The van der Waals surface area contributed by atoms with Gasteiger partial charge in [-0.15, -0.1) is 0 Å². The number of nitrogens with one attached hydrogen (secondary N) is 1. The average Bonchev–Trinajstić information content (AvgIpc) is 3.71. The second-order valence-electron chi connectivity index (χ2n) is 9.82. The van der Waals surface area contributed by atoms with Gasteiger partial charge < -0.3 is 20.3 Å². The van der Waals surface area contributed by atoms with Crippen molar-refractivity contribution in [2.45, 2.75) is 77.9 Å². The number of methoxy groups -OCH3 is 1.